The third-order valence-corrected chi connectivity index (χ3v) is 4.51. The molecule has 0 aliphatic heterocycles. The third kappa shape index (κ3) is 3.11. The summed E-state index contributed by atoms with van der Waals surface area (Å²) < 4.78 is 4.77. The zero-order chi connectivity index (χ0) is 15.5. The van der Waals surface area contributed by atoms with E-state index < -0.39 is 11.6 Å². The van der Waals surface area contributed by atoms with Crippen molar-refractivity contribution in [2.24, 2.45) is 11.8 Å². The summed E-state index contributed by atoms with van der Waals surface area (Å²) in [6, 6.07) is 7.07. The number of ether oxygens (including phenoxy) is 1. The predicted molar refractivity (Wildman–Crippen MR) is 81.8 cm³/mol. The van der Waals surface area contributed by atoms with Gasteiger partial charge in [0.05, 0.1) is 12.7 Å². The first kappa shape index (κ1) is 15.6. The molecular formula is C18H22O3. The largest absolute Gasteiger partial charge is 0.465 e. The van der Waals surface area contributed by atoms with Crippen LogP contribution in [0.2, 0.25) is 0 Å². The topological polar surface area (TPSA) is 46.5 Å². The highest BCUT2D eigenvalue weighted by atomic mass is 16.5. The van der Waals surface area contributed by atoms with E-state index in [1.54, 1.807) is 18.2 Å². The van der Waals surface area contributed by atoms with Crippen molar-refractivity contribution in [1.29, 1.82) is 0 Å². The zero-order valence-electron chi connectivity index (χ0n) is 12.8. The maximum absolute atomic E-state index is 11.7. The van der Waals surface area contributed by atoms with E-state index in [4.69, 9.17) is 4.74 Å². The van der Waals surface area contributed by atoms with E-state index in [1.807, 2.05) is 19.9 Å². The molecule has 112 valence electrons. The average molecular weight is 286 g/mol. The fourth-order valence-electron chi connectivity index (χ4n) is 2.95. The van der Waals surface area contributed by atoms with Crippen LogP contribution in [0.25, 0.3) is 0 Å². The van der Waals surface area contributed by atoms with Crippen LogP contribution in [0.4, 0.5) is 0 Å². The van der Waals surface area contributed by atoms with Gasteiger partial charge in [-0.2, -0.15) is 0 Å². The monoisotopic (exact) mass is 286 g/mol. The zero-order valence-corrected chi connectivity index (χ0v) is 12.8. The highest BCUT2D eigenvalue weighted by Crippen LogP contribution is 2.37. The maximum atomic E-state index is 11.7. The number of methoxy groups -OCH3 is 1. The molecule has 0 spiro atoms. The van der Waals surface area contributed by atoms with Crippen LogP contribution in [-0.4, -0.2) is 23.8 Å². The second-order valence-corrected chi connectivity index (χ2v) is 5.85. The van der Waals surface area contributed by atoms with Crippen molar-refractivity contribution in [2.75, 3.05) is 7.11 Å². The summed E-state index contributed by atoms with van der Waals surface area (Å²) in [5.74, 6) is 5.90. The van der Waals surface area contributed by atoms with Gasteiger partial charge in [-0.05, 0) is 36.8 Å². The minimum Gasteiger partial charge on any atom is -0.465 e. The molecule has 3 atom stereocenters. The fourth-order valence-corrected chi connectivity index (χ4v) is 2.95. The normalized spacial score (nSPS) is 28.4. The number of carbonyl (C=O) groups excluding carboxylic acids is 1. The Morgan fingerprint density at radius 2 is 1.90 bits per heavy atom. The third-order valence-electron chi connectivity index (χ3n) is 4.51. The Balaban J connectivity index is 2.36. The Morgan fingerprint density at radius 1 is 1.29 bits per heavy atom. The first-order valence-electron chi connectivity index (χ1n) is 7.42. The number of rotatable bonds is 1. The van der Waals surface area contributed by atoms with Gasteiger partial charge in [-0.15, -0.1) is 0 Å². The molecular weight excluding hydrogens is 264 g/mol. The molecule has 1 fully saturated rings. The quantitative estimate of drug-likeness (QED) is 0.637. The van der Waals surface area contributed by atoms with Gasteiger partial charge in [0.25, 0.3) is 0 Å². The van der Waals surface area contributed by atoms with E-state index in [2.05, 4.69) is 11.8 Å². The van der Waals surface area contributed by atoms with Gasteiger partial charge >= 0.3 is 5.97 Å². The molecule has 1 aromatic carbocycles. The number of hydrogen-bond donors (Lipinski definition) is 1. The van der Waals surface area contributed by atoms with E-state index in [0.29, 0.717) is 11.1 Å². The van der Waals surface area contributed by atoms with Gasteiger partial charge in [0.15, 0.2) is 0 Å². The van der Waals surface area contributed by atoms with Crippen LogP contribution < -0.4 is 0 Å². The average Bonchev–Trinajstić information content (AvgIpc) is 2.50. The lowest BCUT2D eigenvalue weighted by molar-refractivity contribution is -0.0314. The predicted octanol–water partition coefficient (Wildman–Crippen LogP) is 3.01. The van der Waals surface area contributed by atoms with Gasteiger partial charge in [0.2, 0.25) is 0 Å². The van der Waals surface area contributed by atoms with Gasteiger partial charge in [0, 0.05) is 5.56 Å². The van der Waals surface area contributed by atoms with Crippen molar-refractivity contribution < 1.29 is 14.6 Å². The molecule has 0 unspecified atom stereocenters. The van der Waals surface area contributed by atoms with E-state index in [9.17, 15) is 9.90 Å². The number of aliphatic hydroxyl groups is 1. The lowest BCUT2D eigenvalue weighted by Gasteiger charge is -2.39. The molecule has 0 radical (unpaired) electrons. The molecule has 1 N–H and O–H groups in total. The van der Waals surface area contributed by atoms with Crippen LogP contribution in [0.1, 0.15) is 49.0 Å². The van der Waals surface area contributed by atoms with Crippen LogP contribution in [0.15, 0.2) is 24.3 Å². The lowest BCUT2D eigenvalue weighted by Crippen LogP contribution is -2.44. The molecule has 1 saturated carbocycles. The Bertz CT molecular complexity index is 570. The molecule has 1 aliphatic rings. The van der Waals surface area contributed by atoms with Crippen LogP contribution in [-0.2, 0) is 4.74 Å². The molecule has 3 nitrogen and oxygen atoms in total. The molecule has 2 rings (SSSR count). The lowest BCUT2D eigenvalue weighted by atomic mass is 9.70. The van der Waals surface area contributed by atoms with Crippen molar-refractivity contribution in [3.05, 3.63) is 35.4 Å². The van der Waals surface area contributed by atoms with E-state index in [1.165, 1.54) is 7.11 Å². The number of carbonyl (C=O) groups is 1. The summed E-state index contributed by atoms with van der Waals surface area (Å²) in [6.45, 7) is 4.08. The molecule has 0 bridgehead atoms. The Kier molecular flexibility index (Phi) is 4.69. The van der Waals surface area contributed by atoms with Gasteiger partial charge in [-0.25, -0.2) is 4.79 Å². The summed E-state index contributed by atoms with van der Waals surface area (Å²) in [6.07, 6.45) is 3.09. The fraction of sp³-hybridized carbons (Fsp3) is 0.500. The van der Waals surface area contributed by atoms with E-state index >= 15 is 0 Å². The van der Waals surface area contributed by atoms with Crippen LogP contribution >= 0.6 is 0 Å². The molecule has 1 aromatic rings. The summed E-state index contributed by atoms with van der Waals surface area (Å²) in [5.41, 5.74) is 0.0524. The maximum Gasteiger partial charge on any atom is 0.339 e. The number of esters is 1. The van der Waals surface area contributed by atoms with E-state index in [-0.39, 0.29) is 11.8 Å². The highest BCUT2D eigenvalue weighted by Gasteiger charge is 2.40. The highest BCUT2D eigenvalue weighted by molar-refractivity contribution is 5.92. The van der Waals surface area contributed by atoms with Gasteiger partial charge < -0.3 is 9.84 Å². The first-order chi connectivity index (χ1) is 9.99. The molecule has 3 heteroatoms. The number of hydrogen-bond acceptors (Lipinski definition) is 3. The van der Waals surface area contributed by atoms with Crippen LogP contribution in [0.5, 0.6) is 0 Å². The molecule has 1 aliphatic carbocycles. The summed E-state index contributed by atoms with van der Waals surface area (Å²) in [5, 5.41) is 10.9. The minimum atomic E-state index is -0.985. The van der Waals surface area contributed by atoms with Gasteiger partial charge in [-0.1, -0.05) is 44.2 Å². The summed E-state index contributed by atoms with van der Waals surface area (Å²) in [4.78, 5) is 11.7. The minimum absolute atomic E-state index is 0.138. The van der Waals surface area contributed by atoms with Gasteiger partial charge in [-0.3, -0.25) is 0 Å². The smallest absolute Gasteiger partial charge is 0.339 e. The van der Waals surface area contributed by atoms with Crippen LogP contribution in [0, 0.1) is 23.7 Å². The second kappa shape index (κ2) is 6.32. The molecule has 0 heterocycles. The molecule has 0 aromatic heterocycles. The molecule has 0 amide bonds. The Hall–Kier alpha value is -1.79. The Morgan fingerprint density at radius 3 is 2.52 bits per heavy atom. The summed E-state index contributed by atoms with van der Waals surface area (Å²) in [7, 11) is 1.35. The van der Waals surface area contributed by atoms with Crippen molar-refractivity contribution >= 4 is 5.97 Å². The Labute approximate surface area is 126 Å². The second-order valence-electron chi connectivity index (χ2n) is 5.85. The standard InChI is InChI=1S/C18H22O3/c1-13-7-6-8-14(2)18(13,20)12-11-15-9-4-5-10-16(15)17(19)21-3/h4-5,9-10,13-14,20H,6-8H2,1-3H3/t13-,14+,18-. The molecule has 0 saturated heterocycles. The van der Waals surface area contributed by atoms with Crippen molar-refractivity contribution in [3.8, 4) is 11.8 Å². The SMILES string of the molecule is COC(=O)c1ccccc1C#C[C@@]1(O)[C@H](C)CCC[C@@H]1C. The molecule has 21 heavy (non-hydrogen) atoms. The van der Waals surface area contributed by atoms with Gasteiger partial charge in [0.1, 0.15) is 5.60 Å². The first-order valence-corrected chi connectivity index (χ1v) is 7.42. The van der Waals surface area contributed by atoms with Crippen LogP contribution in [0.3, 0.4) is 0 Å². The van der Waals surface area contributed by atoms with E-state index in [0.717, 1.165) is 19.3 Å². The van der Waals surface area contributed by atoms with Crippen molar-refractivity contribution in [3.63, 3.8) is 0 Å². The number of benzene rings is 1. The van der Waals surface area contributed by atoms with Crippen molar-refractivity contribution in [2.45, 2.75) is 38.7 Å². The summed E-state index contributed by atoms with van der Waals surface area (Å²) >= 11 is 0. The van der Waals surface area contributed by atoms with Crippen molar-refractivity contribution in [1.82, 2.24) is 0 Å².